The van der Waals surface area contributed by atoms with Gasteiger partial charge in [-0.15, -0.1) is 0 Å². The molecule has 0 radical (unpaired) electrons. The number of carbonyl (C=O) groups excluding carboxylic acids is 2. The minimum absolute atomic E-state index is 0.0301. The van der Waals surface area contributed by atoms with Crippen molar-refractivity contribution in [2.45, 2.75) is 12.8 Å². The second-order valence-electron chi connectivity index (χ2n) is 5.58. The van der Waals surface area contributed by atoms with Crippen molar-refractivity contribution in [3.05, 3.63) is 29.3 Å². The Hall–Kier alpha value is -1.88. The number of amides is 2. The van der Waals surface area contributed by atoms with Gasteiger partial charge in [-0.25, -0.2) is 0 Å². The molecule has 2 amide bonds. The molecule has 106 valence electrons. The first-order valence-electron chi connectivity index (χ1n) is 7.00. The van der Waals surface area contributed by atoms with Crippen molar-refractivity contribution in [3.63, 3.8) is 0 Å². The molecule has 0 atom stereocenters. The van der Waals surface area contributed by atoms with Gasteiger partial charge in [-0.3, -0.25) is 9.59 Å². The SMILES string of the molecule is CN1CCN(C(=O)Cc2ccc3c(c2)CC(=O)N3)CC1. The van der Waals surface area contributed by atoms with Crippen molar-refractivity contribution in [2.75, 3.05) is 38.5 Å². The highest BCUT2D eigenvalue weighted by Gasteiger charge is 2.21. The lowest BCUT2D eigenvalue weighted by atomic mass is 10.1. The maximum atomic E-state index is 12.3. The van der Waals surface area contributed by atoms with E-state index in [1.165, 1.54) is 0 Å². The summed E-state index contributed by atoms with van der Waals surface area (Å²) in [7, 11) is 2.08. The average Bonchev–Trinajstić information content (AvgIpc) is 2.78. The third-order valence-corrected chi connectivity index (χ3v) is 4.01. The number of likely N-dealkylation sites (N-methyl/N-ethyl adjacent to an activating group) is 1. The van der Waals surface area contributed by atoms with Crippen molar-refractivity contribution >= 4 is 17.5 Å². The fourth-order valence-electron chi connectivity index (χ4n) is 2.73. The van der Waals surface area contributed by atoms with Crippen LogP contribution in [0.15, 0.2) is 18.2 Å². The maximum Gasteiger partial charge on any atom is 0.228 e. The van der Waals surface area contributed by atoms with Gasteiger partial charge in [0.25, 0.3) is 0 Å². The van der Waals surface area contributed by atoms with E-state index in [-0.39, 0.29) is 11.8 Å². The van der Waals surface area contributed by atoms with E-state index in [0.29, 0.717) is 12.8 Å². The van der Waals surface area contributed by atoms with Gasteiger partial charge in [0, 0.05) is 31.9 Å². The fraction of sp³-hybridized carbons (Fsp3) is 0.467. The summed E-state index contributed by atoms with van der Waals surface area (Å²) in [5, 5.41) is 2.81. The van der Waals surface area contributed by atoms with Crippen LogP contribution in [0.1, 0.15) is 11.1 Å². The largest absolute Gasteiger partial charge is 0.340 e. The summed E-state index contributed by atoms with van der Waals surface area (Å²) in [5.41, 5.74) is 2.87. The smallest absolute Gasteiger partial charge is 0.228 e. The molecule has 20 heavy (non-hydrogen) atoms. The first-order chi connectivity index (χ1) is 9.61. The summed E-state index contributed by atoms with van der Waals surface area (Å²) in [4.78, 5) is 27.7. The van der Waals surface area contributed by atoms with Gasteiger partial charge in [0.1, 0.15) is 0 Å². The number of fused-ring (bicyclic) bond motifs is 1. The molecule has 0 aliphatic carbocycles. The number of anilines is 1. The highest BCUT2D eigenvalue weighted by molar-refractivity contribution is 5.99. The number of nitrogens with one attached hydrogen (secondary N) is 1. The Labute approximate surface area is 118 Å². The van der Waals surface area contributed by atoms with Crippen LogP contribution in [-0.4, -0.2) is 54.8 Å². The van der Waals surface area contributed by atoms with Crippen molar-refractivity contribution in [2.24, 2.45) is 0 Å². The van der Waals surface area contributed by atoms with Gasteiger partial charge in [-0.2, -0.15) is 0 Å². The summed E-state index contributed by atoms with van der Waals surface area (Å²) >= 11 is 0. The molecule has 3 rings (SSSR count). The molecule has 1 aromatic rings. The topological polar surface area (TPSA) is 52.7 Å². The minimum atomic E-state index is 0.0301. The van der Waals surface area contributed by atoms with Crippen LogP contribution in [-0.2, 0) is 22.4 Å². The van der Waals surface area contributed by atoms with Gasteiger partial charge in [-0.05, 0) is 24.2 Å². The third-order valence-electron chi connectivity index (χ3n) is 4.01. The summed E-state index contributed by atoms with van der Waals surface area (Å²) < 4.78 is 0. The molecule has 0 saturated carbocycles. The lowest BCUT2D eigenvalue weighted by Crippen LogP contribution is -2.47. The number of piperazine rings is 1. The molecule has 1 saturated heterocycles. The molecule has 0 aromatic heterocycles. The van der Waals surface area contributed by atoms with Crippen molar-refractivity contribution < 1.29 is 9.59 Å². The third kappa shape index (κ3) is 2.67. The van der Waals surface area contributed by atoms with Crippen LogP contribution in [0.4, 0.5) is 5.69 Å². The molecule has 0 spiro atoms. The Kier molecular flexibility index (Phi) is 3.44. The molecule has 1 aromatic carbocycles. The second kappa shape index (κ2) is 5.25. The predicted molar refractivity (Wildman–Crippen MR) is 76.6 cm³/mol. The van der Waals surface area contributed by atoms with Gasteiger partial charge in [0.15, 0.2) is 0 Å². The fourth-order valence-corrected chi connectivity index (χ4v) is 2.73. The van der Waals surface area contributed by atoms with Crippen LogP contribution in [0.2, 0.25) is 0 Å². The van der Waals surface area contributed by atoms with E-state index in [1.54, 1.807) is 0 Å². The molecular formula is C15H19N3O2. The number of benzene rings is 1. The molecule has 2 aliphatic heterocycles. The number of carbonyl (C=O) groups is 2. The summed E-state index contributed by atoms with van der Waals surface area (Å²) in [6, 6.07) is 5.80. The molecule has 1 N–H and O–H groups in total. The normalized spacial score (nSPS) is 18.9. The van der Waals surface area contributed by atoms with E-state index < -0.39 is 0 Å². The lowest BCUT2D eigenvalue weighted by Gasteiger charge is -2.32. The number of hydrogen-bond acceptors (Lipinski definition) is 3. The number of hydrogen-bond donors (Lipinski definition) is 1. The van der Waals surface area contributed by atoms with Crippen LogP contribution in [0.3, 0.4) is 0 Å². The van der Waals surface area contributed by atoms with E-state index in [2.05, 4.69) is 17.3 Å². The zero-order chi connectivity index (χ0) is 14.1. The molecule has 0 unspecified atom stereocenters. The zero-order valence-electron chi connectivity index (χ0n) is 11.7. The monoisotopic (exact) mass is 273 g/mol. The van der Waals surface area contributed by atoms with Crippen LogP contribution < -0.4 is 5.32 Å². The molecule has 0 bridgehead atoms. The molecule has 1 fully saturated rings. The van der Waals surface area contributed by atoms with E-state index in [0.717, 1.165) is 43.0 Å². The highest BCUT2D eigenvalue weighted by Crippen LogP contribution is 2.24. The molecule has 5 nitrogen and oxygen atoms in total. The number of nitrogens with zero attached hydrogens (tertiary/aromatic N) is 2. The van der Waals surface area contributed by atoms with Gasteiger partial charge < -0.3 is 15.1 Å². The minimum Gasteiger partial charge on any atom is -0.340 e. The summed E-state index contributed by atoms with van der Waals surface area (Å²) in [6.45, 7) is 3.49. The predicted octanol–water partition coefficient (Wildman–Crippen LogP) is 0.498. The van der Waals surface area contributed by atoms with Crippen LogP contribution in [0, 0.1) is 0 Å². The Morgan fingerprint density at radius 2 is 2.00 bits per heavy atom. The highest BCUT2D eigenvalue weighted by atomic mass is 16.2. The second-order valence-corrected chi connectivity index (χ2v) is 5.58. The van der Waals surface area contributed by atoms with Crippen LogP contribution in [0.5, 0.6) is 0 Å². The van der Waals surface area contributed by atoms with Gasteiger partial charge in [0.05, 0.1) is 12.8 Å². The Balaban J connectivity index is 1.65. The Morgan fingerprint density at radius 1 is 1.25 bits per heavy atom. The lowest BCUT2D eigenvalue weighted by molar-refractivity contribution is -0.132. The van der Waals surface area contributed by atoms with E-state index in [9.17, 15) is 9.59 Å². The van der Waals surface area contributed by atoms with Crippen molar-refractivity contribution in [1.29, 1.82) is 0 Å². The first kappa shape index (κ1) is 13.1. The maximum absolute atomic E-state index is 12.3. The molecule has 2 aliphatic rings. The van der Waals surface area contributed by atoms with Gasteiger partial charge >= 0.3 is 0 Å². The van der Waals surface area contributed by atoms with Gasteiger partial charge in [0.2, 0.25) is 11.8 Å². The van der Waals surface area contributed by atoms with Crippen molar-refractivity contribution in [1.82, 2.24) is 9.80 Å². The van der Waals surface area contributed by atoms with Crippen molar-refractivity contribution in [3.8, 4) is 0 Å². The van der Waals surface area contributed by atoms with E-state index in [1.807, 2.05) is 23.1 Å². The quantitative estimate of drug-likeness (QED) is 0.853. The zero-order valence-corrected chi connectivity index (χ0v) is 11.7. The molecule has 5 heteroatoms. The summed E-state index contributed by atoms with van der Waals surface area (Å²) in [5.74, 6) is 0.206. The number of rotatable bonds is 2. The molecule has 2 heterocycles. The first-order valence-corrected chi connectivity index (χ1v) is 7.00. The summed E-state index contributed by atoms with van der Waals surface area (Å²) in [6.07, 6.45) is 0.844. The Morgan fingerprint density at radius 3 is 2.75 bits per heavy atom. The molecular weight excluding hydrogens is 254 g/mol. The van der Waals surface area contributed by atoms with Gasteiger partial charge in [-0.1, -0.05) is 12.1 Å². The van der Waals surface area contributed by atoms with Crippen LogP contribution >= 0.6 is 0 Å². The average molecular weight is 273 g/mol. The van der Waals surface area contributed by atoms with E-state index in [4.69, 9.17) is 0 Å². The standard InChI is InChI=1S/C15H19N3O2/c1-17-4-6-18(7-5-17)15(20)9-11-2-3-13-12(8-11)10-14(19)16-13/h2-3,8H,4-7,9-10H2,1H3,(H,16,19). The Bertz CT molecular complexity index is 548. The van der Waals surface area contributed by atoms with Crippen LogP contribution in [0.25, 0.3) is 0 Å². The van der Waals surface area contributed by atoms with E-state index >= 15 is 0 Å².